The van der Waals surface area contributed by atoms with Crippen LogP contribution in [0.5, 0.6) is 0 Å². The number of aromatic nitrogens is 2. The number of carbonyl (C=O) groups is 1. The second-order valence-corrected chi connectivity index (χ2v) is 6.17. The molecule has 0 aliphatic carbocycles. The number of amides is 1. The molecule has 0 radical (unpaired) electrons. The minimum Gasteiger partial charge on any atom is -0.348 e. The molecule has 126 valence electrons. The van der Waals surface area contributed by atoms with Gasteiger partial charge in [-0.2, -0.15) is 11.8 Å². The zero-order valence-electron chi connectivity index (χ0n) is 13.3. The predicted molar refractivity (Wildman–Crippen MR) is 98.3 cm³/mol. The van der Waals surface area contributed by atoms with Gasteiger partial charge in [-0.3, -0.25) is 4.79 Å². The second kappa shape index (κ2) is 9.60. The summed E-state index contributed by atoms with van der Waals surface area (Å²) < 4.78 is 1.93. The molecule has 1 amide bonds. The summed E-state index contributed by atoms with van der Waals surface area (Å²) in [6.07, 6.45) is 8.08. The highest BCUT2D eigenvalue weighted by Crippen LogP contribution is 2.17. The Balaban J connectivity index is 0.00000264. The van der Waals surface area contributed by atoms with E-state index in [1.807, 2.05) is 48.2 Å². The van der Waals surface area contributed by atoms with E-state index in [-0.39, 0.29) is 24.4 Å². The molecule has 0 saturated carbocycles. The van der Waals surface area contributed by atoms with Crippen LogP contribution in [0.25, 0.3) is 5.69 Å². The van der Waals surface area contributed by atoms with Gasteiger partial charge in [-0.25, -0.2) is 4.98 Å². The smallest absolute Gasteiger partial charge is 0.237 e. The van der Waals surface area contributed by atoms with Crippen molar-refractivity contribution < 1.29 is 4.79 Å². The van der Waals surface area contributed by atoms with Crippen molar-refractivity contribution in [1.29, 1.82) is 0 Å². The standard InChI is InChI=1S/C16H22N4OS.ClH/c1-12(19-16(21)15(17)6-9-22-2)13-4-3-5-14(10-13)20-8-7-18-11-20;/h3-5,7-8,10-12,15H,6,9,17H2,1-2H3,(H,19,21);1H/t12?,15-;/m0./s1. The minimum atomic E-state index is -0.452. The minimum absolute atomic E-state index is 0. The van der Waals surface area contributed by atoms with Crippen LogP contribution in [0.4, 0.5) is 0 Å². The molecule has 0 aliphatic rings. The third-order valence-corrected chi connectivity index (χ3v) is 4.15. The third kappa shape index (κ3) is 5.57. The summed E-state index contributed by atoms with van der Waals surface area (Å²) in [6.45, 7) is 1.96. The van der Waals surface area contributed by atoms with E-state index in [1.165, 1.54) is 0 Å². The third-order valence-electron chi connectivity index (χ3n) is 3.50. The molecule has 1 heterocycles. The first-order chi connectivity index (χ1) is 10.6. The zero-order chi connectivity index (χ0) is 15.9. The van der Waals surface area contributed by atoms with Crippen LogP contribution < -0.4 is 11.1 Å². The molecule has 5 nitrogen and oxygen atoms in total. The summed E-state index contributed by atoms with van der Waals surface area (Å²) in [5.74, 6) is 0.786. The quantitative estimate of drug-likeness (QED) is 0.801. The maximum absolute atomic E-state index is 12.1. The van der Waals surface area contributed by atoms with Gasteiger partial charge in [-0.1, -0.05) is 12.1 Å². The van der Waals surface area contributed by atoms with Crippen LogP contribution in [-0.2, 0) is 4.79 Å². The zero-order valence-corrected chi connectivity index (χ0v) is 14.9. The Morgan fingerprint density at radius 2 is 2.26 bits per heavy atom. The predicted octanol–water partition coefficient (Wildman–Crippen LogP) is 2.55. The normalized spacial score (nSPS) is 13.0. The average Bonchev–Trinajstić information content (AvgIpc) is 3.07. The lowest BCUT2D eigenvalue weighted by Gasteiger charge is -2.18. The fraction of sp³-hybridized carbons (Fsp3) is 0.375. The van der Waals surface area contributed by atoms with Gasteiger partial charge in [0.2, 0.25) is 5.91 Å². The van der Waals surface area contributed by atoms with Crippen LogP contribution >= 0.6 is 24.2 Å². The van der Waals surface area contributed by atoms with Gasteiger partial charge in [-0.15, -0.1) is 12.4 Å². The highest BCUT2D eigenvalue weighted by atomic mass is 35.5. The topological polar surface area (TPSA) is 72.9 Å². The Labute approximate surface area is 147 Å². The molecule has 2 rings (SSSR count). The summed E-state index contributed by atoms with van der Waals surface area (Å²) >= 11 is 1.69. The van der Waals surface area contributed by atoms with Gasteiger partial charge in [-0.05, 0) is 43.0 Å². The van der Waals surface area contributed by atoms with Gasteiger partial charge < -0.3 is 15.6 Å². The van der Waals surface area contributed by atoms with E-state index in [0.29, 0.717) is 6.42 Å². The molecule has 2 atom stereocenters. The molecule has 0 spiro atoms. The lowest BCUT2D eigenvalue weighted by Crippen LogP contribution is -2.41. The Bertz CT molecular complexity index is 606. The number of hydrogen-bond acceptors (Lipinski definition) is 4. The van der Waals surface area contributed by atoms with Gasteiger partial charge in [0.05, 0.1) is 18.4 Å². The first kappa shape index (κ1) is 19.5. The summed E-state index contributed by atoms with van der Waals surface area (Å²) in [7, 11) is 0. The Hall–Kier alpha value is -1.50. The van der Waals surface area contributed by atoms with Crippen molar-refractivity contribution in [1.82, 2.24) is 14.9 Å². The van der Waals surface area contributed by atoms with Crippen LogP contribution in [0.15, 0.2) is 43.0 Å². The summed E-state index contributed by atoms with van der Waals surface area (Å²) in [4.78, 5) is 16.1. The molecular weight excluding hydrogens is 332 g/mol. The summed E-state index contributed by atoms with van der Waals surface area (Å²) in [5.41, 5.74) is 7.95. The molecule has 7 heteroatoms. The van der Waals surface area contributed by atoms with Crippen LogP contribution in [-0.4, -0.2) is 33.5 Å². The van der Waals surface area contributed by atoms with Gasteiger partial charge >= 0.3 is 0 Å². The van der Waals surface area contributed by atoms with Crippen molar-refractivity contribution in [3.8, 4) is 5.69 Å². The number of halogens is 1. The number of nitrogens with zero attached hydrogens (tertiary/aromatic N) is 2. The first-order valence-corrected chi connectivity index (χ1v) is 8.64. The molecule has 1 aromatic heterocycles. The highest BCUT2D eigenvalue weighted by Gasteiger charge is 2.16. The lowest BCUT2D eigenvalue weighted by atomic mass is 10.1. The van der Waals surface area contributed by atoms with Crippen molar-refractivity contribution in [2.45, 2.75) is 25.4 Å². The molecule has 23 heavy (non-hydrogen) atoms. The van der Waals surface area contributed by atoms with Crippen molar-refractivity contribution in [2.24, 2.45) is 5.73 Å². The van der Waals surface area contributed by atoms with E-state index in [1.54, 1.807) is 24.3 Å². The van der Waals surface area contributed by atoms with Crippen molar-refractivity contribution in [3.05, 3.63) is 48.5 Å². The number of thioether (sulfide) groups is 1. The first-order valence-electron chi connectivity index (χ1n) is 7.25. The number of nitrogens with two attached hydrogens (primary N) is 1. The maximum Gasteiger partial charge on any atom is 0.237 e. The van der Waals surface area contributed by atoms with Crippen LogP contribution in [0.1, 0.15) is 24.9 Å². The van der Waals surface area contributed by atoms with E-state index in [4.69, 9.17) is 5.73 Å². The number of rotatable bonds is 7. The fourth-order valence-electron chi connectivity index (χ4n) is 2.15. The van der Waals surface area contributed by atoms with Crippen LogP contribution in [0, 0.1) is 0 Å². The number of imidazole rings is 1. The lowest BCUT2D eigenvalue weighted by molar-refractivity contribution is -0.123. The average molecular weight is 355 g/mol. The van der Waals surface area contributed by atoms with E-state index in [2.05, 4.69) is 10.3 Å². The summed E-state index contributed by atoms with van der Waals surface area (Å²) in [6, 6.07) is 7.48. The van der Waals surface area contributed by atoms with E-state index in [9.17, 15) is 4.79 Å². The molecule has 1 aromatic carbocycles. The second-order valence-electron chi connectivity index (χ2n) is 5.18. The molecule has 0 aliphatic heterocycles. The van der Waals surface area contributed by atoms with E-state index >= 15 is 0 Å². The van der Waals surface area contributed by atoms with Gasteiger partial charge in [0.15, 0.2) is 0 Å². The Morgan fingerprint density at radius 3 is 2.91 bits per heavy atom. The van der Waals surface area contributed by atoms with Crippen molar-refractivity contribution in [3.63, 3.8) is 0 Å². The number of carbonyl (C=O) groups excluding carboxylic acids is 1. The van der Waals surface area contributed by atoms with Gasteiger partial charge in [0, 0.05) is 18.1 Å². The number of benzene rings is 1. The molecule has 0 saturated heterocycles. The largest absolute Gasteiger partial charge is 0.348 e. The molecule has 3 N–H and O–H groups in total. The molecule has 0 fully saturated rings. The molecule has 2 aromatic rings. The SMILES string of the molecule is CSCC[C@H](N)C(=O)NC(C)c1cccc(-n2ccnc2)c1.Cl. The Kier molecular flexibility index (Phi) is 8.16. The van der Waals surface area contributed by atoms with Crippen molar-refractivity contribution in [2.75, 3.05) is 12.0 Å². The number of nitrogens with one attached hydrogen (secondary N) is 1. The molecule has 0 bridgehead atoms. The van der Waals surface area contributed by atoms with Gasteiger partial charge in [0.1, 0.15) is 0 Å². The number of hydrogen-bond donors (Lipinski definition) is 2. The van der Waals surface area contributed by atoms with Crippen LogP contribution in [0.3, 0.4) is 0 Å². The molecular formula is C16H23ClN4OS. The highest BCUT2D eigenvalue weighted by molar-refractivity contribution is 7.98. The summed E-state index contributed by atoms with van der Waals surface area (Å²) in [5, 5.41) is 2.98. The van der Waals surface area contributed by atoms with Crippen LogP contribution in [0.2, 0.25) is 0 Å². The van der Waals surface area contributed by atoms with Gasteiger partial charge in [0.25, 0.3) is 0 Å². The van der Waals surface area contributed by atoms with E-state index < -0.39 is 6.04 Å². The van der Waals surface area contributed by atoms with E-state index in [0.717, 1.165) is 17.0 Å². The molecule has 1 unspecified atom stereocenters. The fourth-order valence-corrected chi connectivity index (χ4v) is 2.64. The Morgan fingerprint density at radius 1 is 1.48 bits per heavy atom. The monoisotopic (exact) mass is 354 g/mol. The van der Waals surface area contributed by atoms with Crippen molar-refractivity contribution >= 4 is 30.1 Å². The maximum atomic E-state index is 12.1.